The van der Waals surface area contributed by atoms with Crippen LogP contribution in [0.25, 0.3) is 10.9 Å². The molecule has 0 saturated carbocycles. The number of carbonyl (C=O) groups excluding carboxylic acids is 1. The topological polar surface area (TPSA) is 87.2 Å². The van der Waals surface area contributed by atoms with Gasteiger partial charge in [0.05, 0.1) is 28.8 Å². The number of aromatic nitrogens is 2. The van der Waals surface area contributed by atoms with Crippen LogP contribution < -0.4 is 11.3 Å². The van der Waals surface area contributed by atoms with Crippen LogP contribution >= 0.6 is 11.8 Å². The predicted molar refractivity (Wildman–Crippen MR) is 87.1 cm³/mol. The predicted octanol–water partition coefficient (Wildman–Crippen LogP) is 1.57. The lowest BCUT2D eigenvalue weighted by Gasteiger charge is -2.19. The molecule has 0 aliphatic rings. The van der Waals surface area contributed by atoms with Gasteiger partial charge in [-0.1, -0.05) is 23.9 Å². The number of carbonyl (C=O) groups is 1. The molecule has 2 rings (SSSR count). The van der Waals surface area contributed by atoms with Gasteiger partial charge in [-0.2, -0.15) is 0 Å². The van der Waals surface area contributed by atoms with Crippen LogP contribution in [0, 0.1) is 0 Å². The quantitative estimate of drug-likeness (QED) is 0.644. The highest BCUT2D eigenvalue weighted by atomic mass is 32.2. The Hall–Kier alpha value is -1.86. The molecule has 0 aliphatic carbocycles. The molecule has 118 valence electrons. The smallest absolute Gasteiger partial charge is 0.262 e. The second kappa shape index (κ2) is 6.93. The van der Waals surface area contributed by atoms with E-state index in [1.807, 2.05) is 13.0 Å². The third-order valence-electron chi connectivity index (χ3n) is 3.31. The standard InChI is InChI=1S/C15H19N3O3S/c1-9(8-21-3)18-14(20)11-6-4-5-7-12(11)17-15(18)22-10(2)13(16)19/h4-7,9-10H,8H2,1-3H3,(H2,16,19). The van der Waals surface area contributed by atoms with E-state index < -0.39 is 11.2 Å². The first kappa shape index (κ1) is 16.5. The summed E-state index contributed by atoms with van der Waals surface area (Å²) in [5.74, 6) is -0.446. The Bertz CT molecular complexity index is 744. The maximum atomic E-state index is 12.8. The molecular formula is C15H19N3O3S. The molecule has 6 nitrogen and oxygen atoms in total. The van der Waals surface area contributed by atoms with Crippen molar-refractivity contribution in [3.8, 4) is 0 Å². The lowest BCUT2D eigenvalue weighted by molar-refractivity contribution is -0.117. The third kappa shape index (κ3) is 3.31. The molecule has 7 heteroatoms. The summed E-state index contributed by atoms with van der Waals surface area (Å²) >= 11 is 1.18. The van der Waals surface area contributed by atoms with Crippen LogP contribution in [-0.4, -0.2) is 34.4 Å². The summed E-state index contributed by atoms with van der Waals surface area (Å²) in [5.41, 5.74) is 5.78. The SMILES string of the molecule is COCC(C)n1c(SC(C)C(N)=O)nc2ccccc2c1=O. The van der Waals surface area contributed by atoms with Gasteiger partial charge in [-0.15, -0.1) is 0 Å². The maximum absolute atomic E-state index is 12.8. The molecule has 2 unspecified atom stereocenters. The summed E-state index contributed by atoms with van der Waals surface area (Å²) in [5, 5.41) is 0.537. The van der Waals surface area contributed by atoms with Crippen LogP contribution in [0.1, 0.15) is 19.9 Å². The van der Waals surface area contributed by atoms with Crippen molar-refractivity contribution in [2.75, 3.05) is 13.7 Å². The van der Waals surface area contributed by atoms with Gasteiger partial charge in [0.25, 0.3) is 5.56 Å². The number of primary amides is 1. The Morgan fingerprint density at radius 1 is 1.41 bits per heavy atom. The molecule has 2 atom stereocenters. The van der Waals surface area contributed by atoms with E-state index in [4.69, 9.17) is 10.5 Å². The molecule has 2 N–H and O–H groups in total. The maximum Gasteiger partial charge on any atom is 0.262 e. The van der Waals surface area contributed by atoms with Crippen LogP contribution in [-0.2, 0) is 9.53 Å². The Kier molecular flexibility index (Phi) is 5.20. The van der Waals surface area contributed by atoms with Crippen molar-refractivity contribution in [2.24, 2.45) is 5.73 Å². The fourth-order valence-corrected chi connectivity index (χ4v) is 3.09. The van der Waals surface area contributed by atoms with Crippen LogP contribution in [0.3, 0.4) is 0 Å². The van der Waals surface area contributed by atoms with Crippen molar-refractivity contribution in [3.63, 3.8) is 0 Å². The number of amides is 1. The van der Waals surface area contributed by atoms with Gasteiger partial charge >= 0.3 is 0 Å². The average molecular weight is 321 g/mol. The van der Waals surface area contributed by atoms with Crippen molar-refractivity contribution >= 4 is 28.6 Å². The molecule has 2 aromatic rings. The number of nitrogens with two attached hydrogens (primary N) is 1. The number of para-hydroxylation sites is 1. The molecule has 0 spiro atoms. The summed E-state index contributed by atoms with van der Waals surface area (Å²) < 4.78 is 6.71. The van der Waals surface area contributed by atoms with Crippen molar-refractivity contribution in [3.05, 3.63) is 34.6 Å². The second-order valence-electron chi connectivity index (χ2n) is 5.05. The van der Waals surface area contributed by atoms with Gasteiger partial charge in [-0.3, -0.25) is 14.2 Å². The van der Waals surface area contributed by atoms with E-state index >= 15 is 0 Å². The first-order valence-corrected chi connectivity index (χ1v) is 7.79. The summed E-state index contributed by atoms with van der Waals surface area (Å²) in [6.07, 6.45) is 0. The number of hydrogen-bond acceptors (Lipinski definition) is 5. The van der Waals surface area contributed by atoms with Gasteiger partial charge in [0, 0.05) is 7.11 Å². The van der Waals surface area contributed by atoms with Crippen molar-refractivity contribution < 1.29 is 9.53 Å². The first-order valence-electron chi connectivity index (χ1n) is 6.92. The minimum atomic E-state index is -0.478. The molecule has 0 bridgehead atoms. The van der Waals surface area contributed by atoms with Gasteiger partial charge in [-0.25, -0.2) is 4.98 Å². The number of fused-ring (bicyclic) bond motifs is 1. The number of nitrogens with zero attached hydrogens (tertiary/aromatic N) is 2. The number of benzene rings is 1. The molecule has 0 fully saturated rings. The van der Waals surface area contributed by atoms with Gasteiger partial charge in [0.1, 0.15) is 0 Å². The summed E-state index contributed by atoms with van der Waals surface area (Å²) in [6, 6.07) is 6.95. The Morgan fingerprint density at radius 2 is 2.09 bits per heavy atom. The van der Waals surface area contributed by atoms with E-state index in [-0.39, 0.29) is 11.6 Å². The van der Waals surface area contributed by atoms with E-state index in [0.29, 0.717) is 22.7 Å². The van der Waals surface area contributed by atoms with Crippen LogP contribution in [0.15, 0.2) is 34.2 Å². The van der Waals surface area contributed by atoms with Gasteiger partial charge in [0.2, 0.25) is 5.91 Å². The van der Waals surface area contributed by atoms with Gasteiger partial charge in [0.15, 0.2) is 5.16 Å². The normalized spacial score (nSPS) is 14.0. The van der Waals surface area contributed by atoms with Crippen molar-refractivity contribution in [1.82, 2.24) is 9.55 Å². The largest absolute Gasteiger partial charge is 0.383 e. The fraction of sp³-hybridized carbons (Fsp3) is 0.400. The highest BCUT2D eigenvalue weighted by Gasteiger charge is 2.20. The number of methoxy groups -OCH3 is 1. The molecule has 0 saturated heterocycles. The molecule has 1 heterocycles. The number of hydrogen-bond donors (Lipinski definition) is 1. The molecular weight excluding hydrogens is 302 g/mol. The summed E-state index contributed by atoms with van der Waals surface area (Å²) in [7, 11) is 1.58. The Balaban J connectivity index is 2.62. The highest BCUT2D eigenvalue weighted by molar-refractivity contribution is 8.00. The van der Waals surface area contributed by atoms with Crippen molar-refractivity contribution in [2.45, 2.75) is 30.3 Å². The molecule has 1 aromatic carbocycles. The zero-order valence-corrected chi connectivity index (χ0v) is 13.6. The molecule has 1 aromatic heterocycles. The van der Waals surface area contributed by atoms with Crippen LogP contribution in [0.5, 0.6) is 0 Å². The lowest BCUT2D eigenvalue weighted by Crippen LogP contribution is -2.30. The second-order valence-corrected chi connectivity index (χ2v) is 6.36. The van der Waals surface area contributed by atoms with E-state index in [9.17, 15) is 9.59 Å². The number of ether oxygens (including phenoxy) is 1. The molecule has 1 amide bonds. The first-order chi connectivity index (χ1) is 10.5. The zero-order valence-electron chi connectivity index (χ0n) is 12.8. The fourth-order valence-electron chi connectivity index (χ4n) is 2.13. The summed E-state index contributed by atoms with van der Waals surface area (Å²) in [4.78, 5) is 28.6. The molecule has 22 heavy (non-hydrogen) atoms. The minimum Gasteiger partial charge on any atom is -0.383 e. The van der Waals surface area contributed by atoms with E-state index in [1.54, 1.807) is 36.8 Å². The summed E-state index contributed by atoms with van der Waals surface area (Å²) in [6.45, 7) is 3.94. The monoisotopic (exact) mass is 321 g/mol. The van der Waals surface area contributed by atoms with Gasteiger partial charge < -0.3 is 10.5 Å². The van der Waals surface area contributed by atoms with Gasteiger partial charge in [-0.05, 0) is 26.0 Å². The zero-order chi connectivity index (χ0) is 16.3. The van der Waals surface area contributed by atoms with E-state index in [1.165, 1.54) is 11.8 Å². The third-order valence-corrected chi connectivity index (χ3v) is 4.39. The van der Waals surface area contributed by atoms with E-state index in [2.05, 4.69) is 4.98 Å². The average Bonchev–Trinajstić information content (AvgIpc) is 2.47. The molecule has 0 radical (unpaired) electrons. The van der Waals surface area contributed by atoms with Crippen molar-refractivity contribution in [1.29, 1.82) is 0 Å². The Labute approximate surface area is 132 Å². The highest BCUT2D eigenvalue weighted by Crippen LogP contribution is 2.24. The molecule has 0 aliphatic heterocycles. The number of rotatable bonds is 6. The van der Waals surface area contributed by atoms with Crippen LogP contribution in [0.2, 0.25) is 0 Å². The van der Waals surface area contributed by atoms with E-state index in [0.717, 1.165) is 0 Å². The Morgan fingerprint density at radius 3 is 2.73 bits per heavy atom. The lowest BCUT2D eigenvalue weighted by atomic mass is 10.2. The number of thioether (sulfide) groups is 1. The van der Waals surface area contributed by atoms with Crippen LogP contribution in [0.4, 0.5) is 0 Å². The minimum absolute atomic E-state index is 0.144.